The molecule has 36 heavy (non-hydrogen) atoms. The second kappa shape index (κ2) is 7.97. The Hall–Kier alpha value is -3.56. The minimum atomic E-state index is -1.76. The van der Waals surface area contributed by atoms with Gasteiger partial charge in [-0.25, -0.2) is 0 Å². The van der Waals surface area contributed by atoms with Crippen LogP contribution in [0.2, 0.25) is 5.02 Å². The van der Waals surface area contributed by atoms with E-state index in [2.05, 4.69) is 10.2 Å². The van der Waals surface area contributed by atoms with Crippen molar-refractivity contribution in [3.8, 4) is 0 Å². The monoisotopic (exact) mass is 520 g/mol. The number of nitrogens with zero attached hydrogens (tertiary/aromatic N) is 4. The molecule has 2 aliphatic heterocycles. The number of carbonyl (C=O) groups is 2. The molecular weight excluding hydrogens is 500 g/mol. The highest BCUT2D eigenvalue weighted by Crippen LogP contribution is 2.54. The molecule has 0 radical (unpaired) electrons. The smallest absolute Gasteiger partial charge is 0.297 e. The van der Waals surface area contributed by atoms with Gasteiger partial charge in [-0.1, -0.05) is 61.9 Å². The molecule has 1 spiro atoms. The van der Waals surface area contributed by atoms with Crippen molar-refractivity contribution < 1.29 is 14.0 Å². The molecule has 4 aromatic rings. The second-order valence-electron chi connectivity index (χ2n) is 9.18. The van der Waals surface area contributed by atoms with Gasteiger partial charge in [0.25, 0.3) is 11.8 Å². The maximum Gasteiger partial charge on any atom is 0.297 e. The molecule has 1 atom stereocenters. The number of halogens is 1. The van der Waals surface area contributed by atoms with Crippen molar-refractivity contribution in [1.82, 2.24) is 10.2 Å². The number of benzene rings is 2. The molecule has 0 saturated carbocycles. The van der Waals surface area contributed by atoms with Crippen LogP contribution in [0.1, 0.15) is 59.8 Å². The Kier molecular flexibility index (Phi) is 5.07. The fraction of sp³-hybridized carbons (Fsp3) is 0.269. The van der Waals surface area contributed by atoms with Crippen LogP contribution in [0.5, 0.6) is 0 Å². The molecule has 2 aromatic carbocycles. The highest BCUT2D eigenvalue weighted by Gasteiger charge is 2.66. The summed E-state index contributed by atoms with van der Waals surface area (Å²) in [7, 11) is 0. The van der Waals surface area contributed by atoms with Crippen LogP contribution in [0.15, 0.2) is 51.7 Å². The number of rotatable bonds is 4. The van der Waals surface area contributed by atoms with Gasteiger partial charge in [0.1, 0.15) is 10.6 Å². The first kappa shape index (κ1) is 22.9. The van der Waals surface area contributed by atoms with Gasteiger partial charge in [-0.3, -0.25) is 19.3 Å². The number of para-hydroxylation sites is 1. The minimum absolute atomic E-state index is 0.0142. The molecule has 0 fully saturated rings. The highest BCUT2D eigenvalue weighted by molar-refractivity contribution is 7.15. The van der Waals surface area contributed by atoms with E-state index in [1.165, 1.54) is 22.3 Å². The third kappa shape index (κ3) is 2.84. The molecule has 0 bridgehead atoms. The number of carbonyl (C=O) groups excluding carboxylic acids is 2. The van der Waals surface area contributed by atoms with Crippen LogP contribution >= 0.6 is 22.9 Å². The molecule has 2 amide bonds. The van der Waals surface area contributed by atoms with Gasteiger partial charge in [0.05, 0.1) is 16.6 Å². The van der Waals surface area contributed by atoms with Gasteiger partial charge in [-0.05, 0) is 30.7 Å². The lowest BCUT2D eigenvalue weighted by Gasteiger charge is -2.32. The number of fused-ring (bicyclic) bond motifs is 5. The number of hydrogen-bond donors (Lipinski definition) is 0. The summed E-state index contributed by atoms with van der Waals surface area (Å²) < 4.78 is 6.04. The van der Waals surface area contributed by atoms with Gasteiger partial charge >= 0.3 is 0 Å². The molecule has 0 aliphatic carbocycles. The van der Waals surface area contributed by atoms with E-state index in [0.29, 0.717) is 34.2 Å². The molecule has 0 N–H and O–H groups in total. The lowest BCUT2D eigenvalue weighted by Crippen LogP contribution is -2.53. The SMILES string of the molecule is CCCN1C(=O)C2(c3ccccc31)c1c(oc3ccc(Cl)cc3c1=O)C(=O)N2c1nnc(C(C)C)s1. The zero-order chi connectivity index (χ0) is 25.4. The van der Waals surface area contributed by atoms with E-state index in [0.717, 1.165) is 0 Å². The zero-order valence-electron chi connectivity index (χ0n) is 19.7. The lowest BCUT2D eigenvalue weighted by atomic mass is 9.84. The Morgan fingerprint density at radius 2 is 1.89 bits per heavy atom. The summed E-state index contributed by atoms with van der Waals surface area (Å²) in [6.45, 7) is 6.34. The maximum atomic E-state index is 14.4. The number of anilines is 2. The largest absolute Gasteiger partial charge is 0.450 e. The van der Waals surface area contributed by atoms with Crippen molar-refractivity contribution in [3.05, 3.63) is 79.6 Å². The fourth-order valence-corrected chi connectivity index (χ4v) is 6.20. The summed E-state index contributed by atoms with van der Waals surface area (Å²) in [5.41, 5.74) is -0.847. The van der Waals surface area contributed by atoms with Crippen LogP contribution in [-0.2, 0) is 10.3 Å². The van der Waals surface area contributed by atoms with E-state index in [4.69, 9.17) is 16.0 Å². The first-order valence-electron chi connectivity index (χ1n) is 11.7. The molecular formula is C26H21ClN4O4S. The number of amides is 2. The van der Waals surface area contributed by atoms with Gasteiger partial charge in [0.15, 0.2) is 11.0 Å². The second-order valence-corrected chi connectivity index (χ2v) is 10.6. The predicted octanol–water partition coefficient (Wildman–Crippen LogP) is 5.08. The topological polar surface area (TPSA) is 96.6 Å². The zero-order valence-corrected chi connectivity index (χ0v) is 21.3. The van der Waals surface area contributed by atoms with Gasteiger partial charge in [-0.15, -0.1) is 10.2 Å². The molecule has 10 heteroatoms. The summed E-state index contributed by atoms with van der Waals surface area (Å²) >= 11 is 7.43. The third-order valence-corrected chi connectivity index (χ3v) is 8.09. The first-order valence-corrected chi connectivity index (χ1v) is 12.9. The van der Waals surface area contributed by atoms with Crippen LogP contribution in [-0.4, -0.2) is 28.6 Å². The fourth-order valence-electron chi connectivity index (χ4n) is 5.13. The number of aromatic nitrogens is 2. The van der Waals surface area contributed by atoms with Crippen LogP contribution in [0, 0.1) is 0 Å². The molecule has 182 valence electrons. The van der Waals surface area contributed by atoms with Gasteiger partial charge in [0, 0.05) is 23.0 Å². The van der Waals surface area contributed by atoms with Crippen LogP contribution in [0.25, 0.3) is 11.0 Å². The van der Waals surface area contributed by atoms with E-state index in [1.54, 1.807) is 29.2 Å². The molecule has 2 aliphatic rings. The summed E-state index contributed by atoms with van der Waals surface area (Å²) in [5, 5.41) is 10.1. The van der Waals surface area contributed by atoms with Crippen molar-refractivity contribution in [3.63, 3.8) is 0 Å². The maximum absolute atomic E-state index is 14.4. The Morgan fingerprint density at radius 1 is 1.11 bits per heavy atom. The molecule has 8 nitrogen and oxygen atoms in total. The van der Waals surface area contributed by atoms with Crippen molar-refractivity contribution in [2.24, 2.45) is 0 Å². The van der Waals surface area contributed by atoms with Crippen LogP contribution in [0.4, 0.5) is 10.8 Å². The summed E-state index contributed by atoms with van der Waals surface area (Å²) in [6, 6.07) is 11.9. The van der Waals surface area contributed by atoms with Gasteiger partial charge in [0.2, 0.25) is 10.9 Å². The van der Waals surface area contributed by atoms with Crippen LogP contribution in [0.3, 0.4) is 0 Å². The predicted molar refractivity (Wildman–Crippen MR) is 138 cm³/mol. The van der Waals surface area contributed by atoms with E-state index in [1.807, 2.05) is 32.9 Å². The Bertz CT molecular complexity index is 1640. The average Bonchev–Trinajstić information content (AvgIpc) is 3.51. The lowest BCUT2D eigenvalue weighted by molar-refractivity contribution is -0.121. The standard InChI is InChI=1S/C26H21ClN4O4S/c1-4-11-30-17-8-6-5-7-16(17)26(24(30)34)19-20(32)15-12-14(27)9-10-18(15)35-21(19)23(33)31(26)25-29-28-22(36-25)13(2)3/h5-10,12-13H,4,11H2,1-3H3. The van der Waals surface area contributed by atoms with Crippen LogP contribution < -0.4 is 15.2 Å². The highest BCUT2D eigenvalue weighted by atomic mass is 35.5. The molecule has 0 saturated heterocycles. The summed E-state index contributed by atoms with van der Waals surface area (Å²) in [5.74, 6) is -1.10. The van der Waals surface area contributed by atoms with Crippen molar-refractivity contribution in [1.29, 1.82) is 0 Å². The quantitative estimate of drug-likeness (QED) is 0.372. The average molecular weight is 521 g/mol. The van der Waals surface area contributed by atoms with Gasteiger partial charge in [-0.2, -0.15) is 0 Å². The summed E-state index contributed by atoms with van der Waals surface area (Å²) in [6.07, 6.45) is 0.690. The Labute approximate surface area is 215 Å². The van der Waals surface area contributed by atoms with Crippen molar-refractivity contribution in [2.45, 2.75) is 38.6 Å². The molecule has 2 aromatic heterocycles. The van der Waals surface area contributed by atoms with Gasteiger partial charge < -0.3 is 9.32 Å². The Morgan fingerprint density at radius 3 is 2.61 bits per heavy atom. The summed E-state index contributed by atoms with van der Waals surface area (Å²) in [4.78, 5) is 45.5. The molecule has 6 rings (SSSR count). The van der Waals surface area contributed by atoms with E-state index < -0.39 is 22.8 Å². The minimum Gasteiger partial charge on any atom is -0.450 e. The van der Waals surface area contributed by atoms with E-state index in [-0.39, 0.29) is 33.3 Å². The molecule has 1 unspecified atom stereocenters. The normalized spacial score (nSPS) is 18.7. The Balaban J connectivity index is 1.75. The van der Waals surface area contributed by atoms with Crippen molar-refractivity contribution >= 4 is 56.5 Å². The van der Waals surface area contributed by atoms with E-state index in [9.17, 15) is 14.4 Å². The van der Waals surface area contributed by atoms with E-state index >= 15 is 0 Å². The third-order valence-electron chi connectivity index (χ3n) is 6.65. The molecule has 4 heterocycles. The first-order chi connectivity index (χ1) is 17.3. The van der Waals surface area contributed by atoms with Crippen molar-refractivity contribution in [2.75, 3.05) is 16.3 Å². The number of hydrogen-bond acceptors (Lipinski definition) is 7.